The molecule has 3 aromatic rings. The summed E-state index contributed by atoms with van der Waals surface area (Å²) in [5, 5.41) is 1.01. The molecule has 1 aromatic heterocycles. The number of benzene rings is 2. The van der Waals surface area contributed by atoms with E-state index in [2.05, 4.69) is 6.92 Å². The number of ether oxygens (including phenoxy) is 1. The predicted octanol–water partition coefficient (Wildman–Crippen LogP) is 4.38. The predicted molar refractivity (Wildman–Crippen MR) is 88.7 cm³/mol. The van der Waals surface area contributed by atoms with Gasteiger partial charge in [-0.2, -0.15) is 0 Å². The lowest BCUT2D eigenvalue weighted by Gasteiger charge is -2.01. The lowest BCUT2D eigenvalue weighted by atomic mass is 10.1. The minimum atomic E-state index is 0.766. The molecule has 4 heteroatoms. The van der Waals surface area contributed by atoms with Crippen LogP contribution in [0.2, 0.25) is 0 Å². The first-order chi connectivity index (χ1) is 10.2. The SMILES string of the molecule is COc1ccc(-c2nc(-c3ccc(N)cc3)sc2C)cc1. The number of nitrogens with two attached hydrogens (primary N) is 1. The summed E-state index contributed by atoms with van der Waals surface area (Å²) in [6.45, 7) is 2.10. The van der Waals surface area contributed by atoms with Crippen LogP contribution in [0.4, 0.5) is 5.69 Å². The van der Waals surface area contributed by atoms with Gasteiger partial charge in [-0.1, -0.05) is 0 Å². The lowest BCUT2D eigenvalue weighted by Crippen LogP contribution is -1.85. The molecule has 3 nitrogen and oxygen atoms in total. The number of aryl methyl sites for hydroxylation is 1. The largest absolute Gasteiger partial charge is 0.497 e. The van der Waals surface area contributed by atoms with Crippen molar-refractivity contribution in [2.45, 2.75) is 6.92 Å². The van der Waals surface area contributed by atoms with E-state index in [0.29, 0.717) is 0 Å². The molecule has 2 N–H and O–H groups in total. The second-order valence-corrected chi connectivity index (χ2v) is 5.98. The van der Waals surface area contributed by atoms with Crippen LogP contribution in [0.3, 0.4) is 0 Å². The highest BCUT2D eigenvalue weighted by molar-refractivity contribution is 7.15. The van der Waals surface area contributed by atoms with Crippen LogP contribution >= 0.6 is 11.3 Å². The molecule has 0 saturated carbocycles. The number of thiazole rings is 1. The molecule has 3 rings (SSSR count). The summed E-state index contributed by atoms with van der Waals surface area (Å²) in [5.74, 6) is 0.852. The molecule has 0 spiro atoms. The van der Waals surface area contributed by atoms with Gasteiger partial charge in [-0.25, -0.2) is 4.98 Å². The zero-order valence-electron chi connectivity index (χ0n) is 12.0. The number of aromatic nitrogens is 1. The monoisotopic (exact) mass is 296 g/mol. The smallest absolute Gasteiger partial charge is 0.124 e. The summed E-state index contributed by atoms with van der Waals surface area (Å²) in [6.07, 6.45) is 0. The number of nitrogens with zero attached hydrogens (tertiary/aromatic N) is 1. The Morgan fingerprint density at radius 3 is 2.19 bits per heavy atom. The second-order valence-electron chi connectivity index (χ2n) is 4.77. The number of hydrogen-bond donors (Lipinski definition) is 1. The van der Waals surface area contributed by atoms with Gasteiger partial charge >= 0.3 is 0 Å². The normalized spacial score (nSPS) is 10.6. The van der Waals surface area contributed by atoms with Crippen molar-refractivity contribution in [2.75, 3.05) is 12.8 Å². The van der Waals surface area contributed by atoms with Crippen molar-refractivity contribution in [3.05, 3.63) is 53.4 Å². The van der Waals surface area contributed by atoms with Gasteiger partial charge < -0.3 is 10.5 Å². The average Bonchev–Trinajstić information content (AvgIpc) is 2.90. The van der Waals surface area contributed by atoms with Crippen molar-refractivity contribution in [1.29, 1.82) is 0 Å². The Hall–Kier alpha value is -2.33. The van der Waals surface area contributed by atoms with Crippen molar-refractivity contribution >= 4 is 17.0 Å². The number of nitrogen functional groups attached to an aromatic ring is 1. The van der Waals surface area contributed by atoms with Crippen molar-refractivity contribution in [3.8, 4) is 27.6 Å². The molecule has 0 aliphatic carbocycles. The van der Waals surface area contributed by atoms with Crippen molar-refractivity contribution < 1.29 is 4.74 Å². The molecule has 0 atom stereocenters. The van der Waals surface area contributed by atoms with E-state index in [9.17, 15) is 0 Å². The van der Waals surface area contributed by atoms with Crippen molar-refractivity contribution in [3.63, 3.8) is 0 Å². The standard InChI is InChI=1S/C17H16N2OS/c1-11-16(12-5-9-15(20-2)10-6-12)19-17(21-11)13-3-7-14(18)8-4-13/h3-10H,18H2,1-2H3. The number of methoxy groups -OCH3 is 1. The maximum absolute atomic E-state index is 5.73. The maximum atomic E-state index is 5.73. The van der Waals surface area contributed by atoms with Gasteiger partial charge in [0.1, 0.15) is 10.8 Å². The van der Waals surface area contributed by atoms with Crippen LogP contribution in [0, 0.1) is 6.92 Å². The molecule has 0 fully saturated rings. The first-order valence-corrected chi connectivity index (χ1v) is 7.47. The molecule has 106 valence electrons. The van der Waals surface area contributed by atoms with E-state index < -0.39 is 0 Å². The molecule has 0 amide bonds. The zero-order valence-corrected chi connectivity index (χ0v) is 12.8. The summed E-state index contributed by atoms with van der Waals surface area (Å²) in [6, 6.07) is 15.8. The highest BCUT2D eigenvalue weighted by Gasteiger charge is 2.11. The Labute approximate surface area is 128 Å². The number of hydrogen-bond acceptors (Lipinski definition) is 4. The third-order valence-electron chi connectivity index (χ3n) is 3.32. The maximum Gasteiger partial charge on any atom is 0.124 e. The Morgan fingerprint density at radius 1 is 0.952 bits per heavy atom. The Balaban J connectivity index is 1.98. The van der Waals surface area contributed by atoms with Crippen LogP contribution < -0.4 is 10.5 Å². The summed E-state index contributed by atoms with van der Waals surface area (Å²) >= 11 is 1.69. The third kappa shape index (κ3) is 2.76. The van der Waals surface area contributed by atoms with Gasteiger partial charge in [0.2, 0.25) is 0 Å². The molecule has 0 unspecified atom stereocenters. The van der Waals surface area contributed by atoms with Gasteiger partial charge in [-0.05, 0) is 55.5 Å². The van der Waals surface area contributed by atoms with Crippen molar-refractivity contribution in [1.82, 2.24) is 4.98 Å². The average molecular weight is 296 g/mol. The zero-order chi connectivity index (χ0) is 14.8. The first kappa shape index (κ1) is 13.6. The summed E-state index contributed by atoms with van der Waals surface area (Å²) in [4.78, 5) is 5.97. The van der Waals surface area contributed by atoms with E-state index in [1.54, 1.807) is 18.4 Å². The molecule has 0 aliphatic heterocycles. The van der Waals surface area contributed by atoms with Crippen LogP contribution in [0.15, 0.2) is 48.5 Å². The minimum absolute atomic E-state index is 0.766. The fourth-order valence-corrected chi connectivity index (χ4v) is 3.10. The molecular formula is C17H16N2OS. The van der Waals surface area contributed by atoms with E-state index in [0.717, 1.165) is 33.3 Å². The van der Waals surface area contributed by atoms with E-state index in [-0.39, 0.29) is 0 Å². The van der Waals surface area contributed by atoms with Crippen LogP contribution in [-0.4, -0.2) is 12.1 Å². The van der Waals surface area contributed by atoms with E-state index in [4.69, 9.17) is 15.5 Å². The van der Waals surface area contributed by atoms with Crippen LogP contribution in [0.5, 0.6) is 5.75 Å². The van der Waals surface area contributed by atoms with Crippen LogP contribution in [-0.2, 0) is 0 Å². The van der Waals surface area contributed by atoms with Gasteiger partial charge in [0.25, 0.3) is 0 Å². The summed E-state index contributed by atoms with van der Waals surface area (Å²) in [7, 11) is 1.67. The number of rotatable bonds is 3. The Morgan fingerprint density at radius 2 is 1.57 bits per heavy atom. The molecular weight excluding hydrogens is 280 g/mol. The summed E-state index contributed by atoms with van der Waals surface area (Å²) < 4.78 is 5.19. The number of anilines is 1. The minimum Gasteiger partial charge on any atom is -0.497 e. The van der Waals surface area contributed by atoms with Crippen LogP contribution in [0.1, 0.15) is 4.88 Å². The van der Waals surface area contributed by atoms with Gasteiger partial charge in [-0.15, -0.1) is 11.3 Å². The highest BCUT2D eigenvalue weighted by atomic mass is 32.1. The fourth-order valence-electron chi connectivity index (χ4n) is 2.16. The van der Waals surface area contributed by atoms with Gasteiger partial charge in [0.15, 0.2) is 0 Å². The third-order valence-corrected chi connectivity index (χ3v) is 4.34. The van der Waals surface area contributed by atoms with Crippen LogP contribution in [0.25, 0.3) is 21.8 Å². The van der Waals surface area contributed by atoms with Gasteiger partial charge in [-0.3, -0.25) is 0 Å². The highest BCUT2D eigenvalue weighted by Crippen LogP contribution is 2.34. The first-order valence-electron chi connectivity index (χ1n) is 6.65. The summed E-state index contributed by atoms with van der Waals surface area (Å²) in [5.41, 5.74) is 9.72. The molecule has 0 radical (unpaired) electrons. The van der Waals surface area contributed by atoms with Gasteiger partial charge in [0, 0.05) is 21.7 Å². The molecule has 0 aliphatic rings. The van der Waals surface area contributed by atoms with E-state index >= 15 is 0 Å². The molecule has 0 bridgehead atoms. The quantitative estimate of drug-likeness (QED) is 0.730. The molecule has 21 heavy (non-hydrogen) atoms. The van der Waals surface area contributed by atoms with E-state index in [1.807, 2.05) is 48.5 Å². The lowest BCUT2D eigenvalue weighted by molar-refractivity contribution is 0.415. The second kappa shape index (κ2) is 5.58. The van der Waals surface area contributed by atoms with Crippen molar-refractivity contribution in [2.24, 2.45) is 0 Å². The Kier molecular flexibility index (Phi) is 3.62. The topological polar surface area (TPSA) is 48.1 Å². The fraction of sp³-hybridized carbons (Fsp3) is 0.118. The van der Waals surface area contributed by atoms with E-state index in [1.165, 1.54) is 4.88 Å². The van der Waals surface area contributed by atoms with Gasteiger partial charge in [0.05, 0.1) is 12.8 Å². The molecule has 2 aromatic carbocycles. The molecule has 1 heterocycles. The Bertz CT molecular complexity index is 745. The molecule has 0 saturated heterocycles.